The van der Waals surface area contributed by atoms with Crippen molar-refractivity contribution in [3.05, 3.63) is 35.6 Å². The minimum absolute atomic E-state index is 0.0393. The van der Waals surface area contributed by atoms with E-state index in [9.17, 15) is 17.6 Å². The molecule has 0 saturated carbocycles. The molecular formula is C16H22FN3O3S. The Hall–Kier alpha value is -1.51. The number of rotatable bonds is 4. The van der Waals surface area contributed by atoms with Crippen LogP contribution in [0.5, 0.6) is 0 Å². The van der Waals surface area contributed by atoms with E-state index in [1.165, 1.54) is 29.4 Å². The fourth-order valence-electron chi connectivity index (χ4n) is 3.74. The summed E-state index contributed by atoms with van der Waals surface area (Å²) >= 11 is 0. The van der Waals surface area contributed by atoms with Gasteiger partial charge in [0.25, 0.3) is 0 Å². The summed E-state index contributed by atoms with van der Waals surface area (Å²) in [5, 5.41) is 6.27. The third-order valence-corrected chi connectivity index (χ3v) is 6.72. The van der Waals surface area contributed by atoms with Crippen molar-refractivity contribution in [1.82, 2.24) is 14.9 Å². The van der Waals surface area contributed by atoms with Crippen LogP contribution in [0.15, 0.2) is 24.3 Å². The van der Waals surface area contributed by atoms with Gasteiger partial charge in [-0.1, -0.05) is 12.1 Å². The summed E-state index contributed by atoms with van der Waals surface area (Å²) in [6.45, 7) is 3.54. The van der Waals surface area contributed by atoms with Crippen LogP contribution in [0.4, 0.5) is 4.39 Å². The Bertz CT molecular complexity index is 740. The molecule has 1 amide bonds. The Labute approximate surface area is 141 Å². The Kier molecular flexibility index (Phi) is 4.63. The number of hydrogen-bond donors (Lipinski definition) is 2. The lowest BCUT2D eigenvalue weighted by molar-refractivity contribution is -0.121. The molecule has 1 aromatic carbocycles. The van der Waals surface area contributed by atoms with E-state index in [2.05, 4.69) is 10.6 Å². The summed E-state index contributed by atoms with van der Waals surface area (Å²) in [5.74, 6) is -0.707. The fraction of sp³-hybridized carbons (Fsp3) is 0.562. The summed E-state index contributed by atoms with van der Waals surface area (Å²) < 4.78 is 40.1. The predicted octanol–water partition coefficient (Wildman–Crippen LogP) is 0.456. The molecule has 24 heavy (non-hydrogen) atoms. The van der Waals surface area contributed by atoms with E-state index in [4.69, 9.17) is 0 Å². The standard InChI is InChI=1S/C16H22FN3O3S/c1-12(21)19-16-5-6-20(9-14(16)8-18-11-16)24(22,23)10-13-3-2-4-15(17)7-13/h2-4,7,14,18H,5-6,8-11H2,1H3,(H,19,21)/t14-,16+/m0/s1. The van der Waals surface area contributed by atoms with Gasteiger partial charge in [-0.05, 0) is 24.1 Å². The molecular weight excluding hydrogens is 333 g/mol. The van der Waals surface area contributed by atoms with Crippen LogP contribution in [-0.4, -0.2) is 50.3 Å². The fourth-order valence-corrected chi connectivity index (χ4v) is 5.30. The van der Waals surface area contributed by atoms with Crippen molar-refractivity contribution in [3.63, 3.8) is 0 Å². The van der Waals surface area contributed by atoms with Crippen LogP contribution in [0.2, 0.25) is 0 Å². The maximum atomic E-state index is 13.3. The largest absolute Gasteiger partial charge is 0.349 e. The highest BCUT2D eigenvalue weighted by Crippen LogP contribution is 2.33. The normalized spacial score (nSPS) is 27.7. The maximum absolute atomic E-state index is 13.3. The molecule has 3 rings (SSSR count). The van der Waals surface area contributed by atoms with Crippen LogP contribution >= 0.6 is 0 Å². The summed E-state index contributed by atoms with van der Waals surface area (Å²) in [4.78, 5) is 11.5. The molecule has 2 N–H and O–H groups in total. The van der Waals surface area contributed by atoms with Gasteiger partial charge in [-0.3, -0.25) is 4.79 Å². The number of nitrogens with zero attached hydrogens (tertiary/aromatic N) is 1. The highest BCUT2D eigenvalue weighted by atomic mass is 32.2. The van der Waals surface area contributed by atoms with Gasteiger partial charge in [0.05, 0.1) is 11.3 Å². The van der Waals surface area contributed by atoms with E-state index in [-0.39, 0.29) is 23.1 Å². The first-order valence-corrected chi connectivity index (χ1v) is 9.63. The van der Waals surface area contributed by atoms with Crippen LogP contribution in [-0.2, 0) is 20.6 Å². The van der Waals surface area contributed by atoms with Crippen molar-refractivity contribution in [3.8, 4) is 0 Å². The molecule has 2 saturated heterocycles. The molecule has 1 aromatic rings. The number of nitrogens with one attached hydrogen (secondary N) is 2. The minimum atomic E-state index is -3.52. The quantitative estimate of drug-likeness (QED) is 0.822. The zero-order chi connectivity index (χ0) is 17.4. The van der Waals surface area contributed by atoms with Crippen LogP contribution in [0.25, 0.3) is 0 Å². The zero-order valence-electron chi connectivity index (χ0n) is 13.6. The molecule has 6 nitrogen and oxygen atoms in total. The second kappa shape index (κ2) is 6.42. The summed E-state index contributed by atoms with van der Waals surface area (Å²) in [5.41, 5.74) is 0.0784. The van der Waals surface area contributed by atoms with Crippen LogP contribution < -0.4 is 10.6 Å². The maximum Gasteiger partial charge on any atom is 0.218 e. The highest BCUT2D eigenvalue weighted by Gasteiger charge is 2.48. The molecule has 2 aliphatic rings. The topological polar surface area (TPSA) is 78.5 Å². The Balaban J connectivity index is 1.73. The van der Waals surface area contributed by atoms with E-state index in [1.54, 1.807) is 6.07 Å². The van der Waals surface area contributed by atoms with E-state index in [1.807, 2.05) is 0 Å². The lowest BCUT2D eigenvalue weighted by Gasteiger charge is -2.43. The van der Waals surface area contributed by atoms with Crippen LogP contribution in [0.1, 0.15) is 18.9 Å². The summed E-state index contributed by atoms with van der Waals surface area (Å²) in [6, 6.07) is 5.67. The van der Waals surface area contributed by atoms with Gasteiger partial charge < -0.3 is 10.6 Å². The minimum Gasteiger partial charge on any atom is -0.349 e. The Morgan fingerprint density at radius 3 is 3.00 bits per heavy atom. The van der Waals surface area contributed by atoms with E-state index in [0.717, 1.165) is 0 Å². The molecule has 0 aliphatic carbocycles. The third-order valence-electron chi connectivity index (χ3n) is 4.90. The number of carbonyl (C=O) groups is 1. The van der Waals surface area contributed by atoms with Gasteiger partial charge in [0.1, 0.15) is 5.82 Å². The monoisotopic (exact) mass is 355 g/mol. The molecule has 0 aromatic heterocycles. The van der Waals surface area contributed by atoms with Crippen LogP contribution in [0.3, 0.4) is 0 Å². The first-order chi connectivity index (χ1) is 11.3. The zero-order valence-corrected chi connectivity index (χ0v) is 14.4. The Morgan fingerprint density at radius 1 is 1.50 bits per heavy atom. The lowest BCUT2D eigenvalue weighted by atomic mass is 9.81. The molecule has 8 heteroatoms. The number of sulfonamides is 1. The van der Waals surface area contributed by atoms with Gasteiger partial charge in [0.2, 0.25) is 15.9 Å². The number of amides is 1. The van der Waals surface area contributed by atoms with Crippen molar-refractivity contribution in [2.45, 2.75) is 24.6 Å². The molecule has 2 aliphatic heterocycles. The van der Waals surface area contributed by atoms with Crippen molar-refractivity contribution >= 4 is 15.9 Å². The molecule has 0 bridgehead atoms. The van der Waals surface area contributed by atoms with Gasteiger partial charge in [-0.2, -0.15) is 0 Å². The van der Waals surface area contributed by atoms with Crippen molar-refractivity contribution < 1.29 is 17.6 Å². The van der Waals surface area contributed by atoms with Gasteiger partial charge in [0, 0.05) is 39.0 Å². The second-order valence-electron chi connectivity index (χ2n) is 6.66. The summed E-state index contributed by atoms with van der Waals surface area (Å²) in [7, 11) is -3.52. The SMILES string of the molecule is CC(=O)N[C@@]12CCN(S(=O)(=O)Cc3cccc(F)c3)C[C@@H]1CNC2. The van der Waals surface area contributed by atoms with Gasteiger partial charge in [-0.25, -0.2) is 17.1 Å². The Morgan fingerprint density at radius 2 is 2.29 bits per heavy atom. The van der Waals surface area contributed by atoms with Crippen LogP contribution in [0, 0.1) is 11.7 Å². The lowest BCUT2D eigenvalue weighted by Crippen LogP contribution is -2.61. The van der Waals surface area contributed by atoms with E-state index >= 15 is 0 Å². The molecule has 0 radical (unpaired) electrons. The average Bonchev–Trinajstić information content (AvgIpc) is 2.88. The van der Waals surface area contributed by atoms with E-state index in [0.29, 0.717) is 38.2 Å². The number of benzene rings is 1. The van der Waals surface area contributed by atoms with Gasteiger partial charge in [0.15, 0.2) is 0 Å². The number of fused-ring (bicyclic) bond motifs is 1. The number of hydrogen-bond acceptors (Lipinski definition) is 4. The molecule has 2 fully saturated rings. The molecule has 0 spiro atoms. The molecule has 0 unspecified atom stereocenters. The smallest absolute Gasteiger partial charge is 0.218 e. The third kappa shape index (κ3) is 3.45. The van der Waals surface area contributed by atoms with Gasteiger partial charge in [-0.15, -0.1) is 0 Å². The van der Waals surface area contributed by atoms with Gasteiger partial charge >= 0.3 is 0 Å². The van der Waals surface area contributed by atoms with Crippen molar-refractivity contribution in [2.24, 2.45) is 5.92 Å². The molecule has 132 valence electrons. The predicted molar refractivity (Wildman–Crippen MR) is 88.1 cm³/mol. The number of piperidine rings is 1. The number of halogens is 1. The molecule has 2 atom stereocenters. The van der Waals surface area contributed by atoms with E-state index < -0.39 is 15.8 Å². The number of carbonyl (C=O) groups excluding carboxylic acids is 1. The van der Waals surface area contributed by atoms with Crippen molar-refractivity contribution in [1.29, 1.82) is 0 Å². The first kappa shape index (κ1) is 17.3. The summed E-state index contributed by atoms with van der Waals surface area (Å²) in [6.07, 6.45) is 0.576. The second-order valence-corrected chi connectivity index (χ2v) is 8.63. The first-order valence-electron chi connectivity index (χ1n) is 8.02. The highest BCUT2D eigenvalue weighted by molar-refractivity contribution is 7.88. The molecule has 2 heterocycles. The average molecular weight is 355 g/mol. The van der Waals surface area contributed by atoms with Crippen molar-refractivity contribution in [2.75, 3.05) is 26.2 Å².